The van der Waals surface area contributed by atoms with Gasteiger partial charge in [-0.3, -0.25) is 0 Å². The summed E-state index contributed by atoms with van der Waals surface area (Å²) in [4.78, 5) is 4.07. The molecule has 1 aliphatic heterocycles. The third kappa shape index (κ3) is 3.36. The Morgan fingerprint density at radius 3 is 2.93 bits per heavy atom. The second-order valence-electron chi connectivity index (χ2n) is 3.67. The Bertz CT molecular complexity index is 313. The van der Waals surface area contributed by atoms with Crippen LogP contribution in [-0.2, 0) is 4.74 Å². The van der Waals surface area contributed by atoms with Gasteiger partial charge in [0.2, 0.25) is 5.88 Å². The zero-order valence-corrected chi connectivity index (χ0v) is 9.24. The van der Waals surface area contributed by atoms with E-state index >= 15 is 0 Å². The quantitative estimate of drug-likeness (QED) is 0.744. The lowest BCUT2D eigenvalue weighted by molar-refractivity contribution is 0.0490. The molecule has 0 amide bonds. The summed E-state index contributed by atoms with van der Waals surface area (Å²) in [7, 11) is 0. The monoisotopic (exact) mass is 227 g/mol. The largest absolute Gasteiger partial charge is 0.477 e. The SMILES string of the molecule is Clc1cccc(OCC2CCOCC2)n1. The van der Waals surface area contributed by atoms with Crippen molar-refractivity contribution >= 4 is 11.6 Å². The Hall–Kier alpha value is -0.800. The summed E-state index contributed by atoms with van der Waals surface area (Å²) in [6.45, 7) is 2.39. The lowest BCUT2D eigenvalue weighted by Crippen LogP contribution is -2.21. The van der Waals surface area contributed by atoms with Crippen LogP contribution in [0.3, 0.4) is 0 Å². The molecule has 3 nitrogen and oxygen atoms in total. The van der Waals surface area contributed by atoms with Crippen LogP contribution in [0.25, 0.3) is 0 Å². The zero-order valence-electron chi connectivity index (χ0n) is 8.49. The first-order valence-corrected chi connectivity index (χ1v) is 5.55. The first-order chi connectivity index (χ1) is 7.34. The van der Waals surface area contributed by atoms with E-state index in [1.54, 1.807) is 6.07 Å². The van der Waals surface area contributed by atoms with Gasteiger partial charge >= 0.3 is 0 Å². The maximum absolute atomic E-state index is 5.76. The zero-order chi connectivity index (χ0) is 10.5. The minimum absolute atomic E-state index is 0.472. The Balaban J connectivity index is 1.81. The van der Waals surface area contributed by atoms with Crippen LogP contribution in [0.1, 0.15) is 12.8 Å². The molecule has 0 atom stereocenters. The van der Waals surface area contributed by atoms with E-state index in [0.29, 0.717) is 23.6 Å². The number of hydrogen-bond donors (Lipinski definition) is 0. The smallest absolute Gasteiger partial charge is 0.214 e. The molecule has 0 saturated carbocycles. The van der Waals surface area contributed by atoms with Crippen molar-refractivity contribution in [3.05, 3.63) is 23.4 Å². The van der Waals surface area contributed by atoms with Crippen LogP contribution in [0.4, 0.5) is 0 Å². The molecule has 1 fully saturated rings. The fraction of sp³-hybridized carbons (Fsp3) is 0.545. The number of hydrogen-bond acceptors (Lipinski definition) is 3. The van der Waals surface area contributed by atoms with Crippen molar-refractivity contribution in [2.75, 3.05) is 19.8 Å². The number of pyridine rings is 1. The van der Waals surface area contributed by atoms with Crippen LogP contribution in [0.15, 0.2) is 18.2 Å². The number of aromatic nitrogens is 1. The number of nitrogens with zero attached hydrogens (tertiary/aromatic N) is 1. The summed E-state index contributed by atoms with van der Waals surface area (Å²) in [6, 6.07) is 5.41. The molecule has 0 spiro atoms. The van der Waals surface area contributed by atoms with Gasteiger partial charge in [-0.25, -0.2) is 4.98 Å². The Labute approximate surface area is 94.4 Å². The summed E-state index contributed by atoms with van der Waals surface area (Å²) >= 11 is 5.76. The lowest BCUT2D eigenvalue weighted by Gasteiger charge is -2.21. The molecule has 0 radical (unpaired) electrons. The van der Waals surface area contributed by atoms with Crippen molar-refractivity contribution in [1.29, 1.82) is 0 Å². The highest BCUT2D eigenvalue weighted by Gasteiger charge is 2.14. The highest BCUT2D eigenvalue weighted by Crippen LogP contribution is 2.17. The molecule has 1 saturated heterocycles. The fourth-order valence-corrected chi connectivity index (χ4v) is 1.74. The maximum atomic E-state index is 5.76. The van der Waals surface area contributed by atoms with Crippen molar-refractivity contribution in [2.24, 2.45) is 5.92 Å². The van der Waals surface area contributed by atoms with Crippen molar-refractivity contribution in [2.45, 2.75) is 12.8 Å². The second-order valence-corrected chi connectivity index (χ2v) is 4.05. The van der Waals surface area contributed by atoms with Gasteiger partial charge in [-0.05, 0) is 24.8 Å². The second kappa shape index (κ2) is 5.33. The summed E-state index contributed by atoms with van der Waals surface area (Å²) in [5, 5.41) is 0.472. The molecular formula is C11H14ClNO2. The fourth-order valence-electron chi connectivity index (χ4n) is 1.59. The van der Waals surface area contributed by atoms with Gasteiger partial charge in [0.1, 0.15) is 5.15 Å². The van der Waals surface area contributed by atoms with Crippen LogP contribution in [0.5, 0.6) is 5.88 Å². The summed E-state index contributed by atoms with van der Waals surface area (Å²) in [6.07, 6.45) is 2.14. The molecule has 1 aliphatic rings. The van der Waals surface area contributed by atoms with Crippen LogP contribution < -0.4 is 4.74 Å². The molecule has 82 valence electrons. The van der Waals surface area contributed by atoms with Gasteiger partial charge in [-0.1, -0.05) is 17.7 Å². The van der Waals surface area contributed by atoms with E-state index < -0.39 is 0 Å². The number of rotatable bonds is 3. The van der Waals surface area contributed by atoms with E-state index in [1.165, 1.54) is 0 Å². The average Bonchev–Trinajstić information content (AvgIpc) is 2.28. The minimum atomic E-state index is 0.472. The van der Waals surface area contributed by atoms with E-state index in [1.807, 2.05) is 12.1 Å². The van der Waals surface area contributed by atoms with Gasteiger partial charge in [0.05, 0.1) is 6.61 Å². The standard InChI is InChI=1S/C11H14ClNO2/c12-10-2-1-3-11(13-10)15-8-9-4-6-14-7-5-9/h1-3,9H,4-8H2. The van der Waals surface area contributed by atoms with Crippen LogP contribution in [-0.4, -0.2) is 24.8 Å². The van der Waals surface area contributed by atoms with Crippen LogP contribution >= 0.6 is 11.6 Å². The number of ether oxygens (including phenoxy) is 2. The third-order valence-corrected chi connectivity index (χ3v) is 2.71. The molecule has 0 N–H and O–H groups in total. The molecule has 1 aromatic rings. The van der Waals surface area contributed by atoms with Gasteiger partial charge < -0.3 is 9.47 Å². The molecule has 0 aromatic carbocycles. The van der Waals surface area contributed by atoms with E-state index in [9.17, 15) is 0 Å². The van der Waals surface area contributed by atoms with Gasteiger partial charge in [0, 0.05) is 19.3 Å². The first kappa shape index (κ1) is 10.7. The molecule has 0 bridgehead atoms. The average molecular weight is 228 g/mol. The minimum Gasteiger partial charge on any atom is -0.477 e. The van der Waals surface area contributed by atoms with E-state index in [0.717, 1.165) is 26.1 Å². The first-order valence-electron chi connectivity index (χ1n) is 5.18. The molecule has 2 rings (SSSR count). The lowest BCUT2D eigenvalue weighted by atomic mass is 10.0. The highest BCUT2D eigenvalue weighted by atomic mass is 35.5. The Kier molecular flexibility index (Phi) is 3.80. The molecule has 0 unspecified atom stereocenters. The van der Waals surface area contributed by atoms with Crippen molar-refractivity contribution in [3.8, 4) is 5.88 Å². The predicted octanol–water partition coefficient (Wildman–Crippen LogP) is 2.54. The van der Waals surface area contributed by atoms with E-state index in [2.05, 4.69) is 4.98 Å². The predicted molar refractivity (Wildman–Crippen MR) is 58.3 cm³/mol. The van der Waals surface area contributed by atoms with Gasteiger partial charge in [-0.15, -0.1) is 0 Å². The van der Waals surface area contributed by atoms with E-state index in [4.69, 9.17) is 21.1 Å². The van der Waals surface area contributed by atoms with Crippen molar-refractivity contribution in [3.63, 3.8) is 0 Å². The number of halogens is 1. The van der Waals surface area contributed by atoms with Crippen LogP contribution in [0, 0.1) is 5.92 Å². The summed E-state index contributed by atoms with van der Waals surface area (Å²) < 4.78 is 10.9. The molecule has 1 aromatic heterocycles. The normalized spacial score (nSPS) is 17.7. The van der Waals surface area contributed by atoms with Gasteiger partial charge in [0.25, 0.3) is 0 Å². The van der Waals surface area contributed by atoms with Crippen molar-refractivity contribution < 1.29 is 9.47 Å². The molecule has 2 heterocycles. The topological polar surface area (TPSA) is 31.4 Å². The highest BCUT2D eigenvalue weighted by molar-refractivity contribution is 6.29. The maximum Gasteiger partial charge on any atom is 0.214 e. The van der Waals surface area contributed by atoms with E-state index in [-0.39, 0.29) is 0 Å². The molecule has 0 aliphatic carbocycles. The summed E-state index contributed by atoms with van der Waals surface area (Å²) in [5.74, 6) is 1.19. The Morgan fingerprint density at radius 1 is 1.40 bits per heavy atom. The molecular weight excluding hydrogens is 214 g/mol. The van der Waals surface area contributed by atoms with Crippen molar-refractivity contribution in [1.82, 2.24) is 4.98 Å². The van der Waals surface area contributed by atoms with Gasteiger partial charge in [0.15, 0.2) is 0 Å². The Morgan fingerprint density at radius 2 is 2.20 bits per heavy atom. The third-order valence-electron chi connectivity index (χ3n) is 2.50. The van der Waals surface area contributed by atoms with Crippen LogP contribution in [0.2, 0.25) is 5.15 Å². The molecule has 15 heavy (non-hydrogen) atoms. The summed E-state index contributed by atoms with van der Waals surface area (Å²) in [5.41, 5.74) is 0. The van der Waals surface area contributed by atoms with Gasteiger partial charge in [-0.2, -0.15) is 0 Å². The molecule has 4 heteroatoms.